The highest BCUT2D eigenvalue weighted by atomic mass is 35.5. The Morgan fingerprint density at radius 2 is 1.73 bits per heavy atom. The zero-order valence-electron chi connectivity index (χ0n) is 22.8. The van der Waals surface area contributed by atoms with Gasteiger partial charge in [0.2, 0.25) is 5.60 Å². The summed E-state index contributed by atoms with van der Waals surface area (Å²) in [5.74, 6) is -1.19. The predicted octanol–water partition coefficient (Wildman–Crippen LogP) is 4.65. The molecule has 2 aromatic carbocycles. The number of carbonyl (C=O) groups excluding carboxylic acids is 1. The summed E-state index contributed by atoms with van der Waals surface area (Å²) in [6.45, 7) is -2.01. The highest BCUT2D eigenvalue weighted by molar-refractivity contribution is 7.92. The van der Waals surface area contributed by atoms with Crippen LogP contribution >= 0.6 is 11.6 Å². The number of benzene rings is 2. The number of ether oxygens (including phenoxy) is 2. The van der Waals surface area contributed by atoms with Crippen LogP contribution in [0.2, 0.25) is 5.02 Å². The van der Waals surface area contributed by atoms with Crippen LogP contribution in [0.5, 0.6) is 5.75 Å². The van der Waals surface area contributed by atoms with Crippen LogP contribution < -0.4 is 19.1 Å². The van der Waals surface area contributed by atoms with Gasteiger partial charge in [0.05, 0.1) is 28.7 Å². The van der Waals surface area contributed by atoms with Crippen molar-refractivity contribution in [3.63, 3.8) is 0 Å². The van der Waals surface area contributed by atoms with E-state index < -0.39 is 85.8 Å². The third-order valence-electron chi connectivity index (χ3n) is 5.95. The fourth-order valence-electron chi connectivity index (χ4n) is 3.57. The molecule has 11 nitrogen and oxygen atoms in total. The molecule has 1 aliphatic rings. The van der Waals surface area contributed by atoms with Crippen LogP contribution in [-0.4, -0.2) is 78.0 Å². The number of hydrogen-bond donors (Lipinski definition) is 2. The Labute approximate surface area is 252 Å². The molecule has 0 aromatic heterocycles. The lowest BCUT2D eigenvalue weighted by atomic mass is 10.1. The zero-order valence-corrected chi connectivity index (χ0v) is 25.1. The molecule has 0 fully saturated rings. The number of fused-ring (bicyclic) bond motifs is 1. The van der Waals surface area contributed by atoms with Crippen LogP contribution in [0.4, 0.5) is 46.9 Å². The van der Waals surface area contributed by atoms with Crippen LogP contribution in [0.3, 0.4) is 0 Å². The Bertz CT molecular complexity index is 1620. The summed E-state index contributed by atoms with van der Waals surface area (Å²) in [4.78, 5) is 11.7. The molecule has 1 heterocycles. The van der Waals surface area contributed by atoms with Crippen LogP contribution in [0.25, 0.3) is 0 Å². The summed E-state index contributed by atoms with van der Waals surface area (Å²) in [6, 6.07) is 5.60. The van der Waals surface area contributed by atoms with E-state index in [2.05, 4.69) is 4.74 Å². The number of rotatable bonds is 9. The molecule has 2 N–H and O–H groups in total. The van der Waals surface area contributed by atoms with Gasteiger partial charge in [-0.2, -0.15) is 43.8 Å². The molecule has 1 amide bonds. The van der Waals surface area contributed by atoms with E-state index in [1.807, 2.05) is 10.0 Å². The van der Waals surface area contributed by atoms with Crippen molar-refractivity contribution in [2.24, 2.45) is 0 Å². The van der Waals surface area contributed by atoms with E-state index in [0.717, 1.165) is 36.4 Å². The van der Waals surface area contributed by atoms with Crippen molar-refractivity contribution in [3.05, 3.63) is 47.2 Å². The van der Waals surface area contributed by atoms with E-state index in [4.69, 9.17) is 16.3 Å². The molecular weight excluding hydrogens is 677 g/mol. The Morgan fingerprint density at radius 3 is 2.30 bits per heavy atom. The average Bonchev–Trinajstić information content (AvgIpc) is 2.86. The molecular formula is C23H24ClF7N4O7S2. The normalized spacial score (nSPS) is 16.4. The molecule has 0 aliphatic carbocycles. The monoisotopic (exact) mass is 700 g/mol. The lowest BCUT2D eigenvalue weighted by Gasteiger charge is -2.36. The Balaban J connectivity index is 1.96. The fraction of sp³-hybridized carbons (Fsp3) is 0.435. The molecule has 0 saturated carbocycles. The number of carbonyl (C=O) groups is 1. The van der Waals surface area contributed by atoms with Crippen molar-refractivity contribution in [1.29, 1.82) is 0 Å². The third-order valence-corrected chi connectivity index (χ3v) is 9.50. The first-order valence-corrected chi connectivity index (χ1v) is 15.3. The first-order chi connectivity index (χ1) is 19.9. The van der Waals surface area contributed by atoms with E-state index in [0.29, 0.717) is 25.2 Å². The number of nitrogens with one attached hydrogen (secondary N) is 2. The smallest absolute Gasteiger partial charge is 0.427 e. The van der Waals surface area contributed by atoms with Crippen molar-refractivity contribution in [2.75, 3.05) is 36.3 Å². The van der Waals surface area contributed by atoms with Gasteiger partial charge in [0, 0.05) is 12.7 Å². The van der Waals surface area contributed by atoms with Crippen molar-refractivity contribution in [3.8, 4) is 5.75 Å². The van der Waals surface area contributed by atoms with Gasteiger partial charge in [-0.05, 0) is 50.2 Å². The summed E-state index contributed by atoms with van der Waals surface area (Å²) < 4.78 is 156. The minimum atomic E-state index is -4.92. The molecule has 1 unspecified atom stereocenters. The van der Waals surface area contributed by atoms with Gasteiger partial charge in [-0.3, -0.25) is 9.62 Å². The summed E-state index contributed by atoms with van der Waals surface area (Å²) in [6.07, 6.45) is -12.7. The molecule has 1 atom stereocenters. The van der Waals surface area contributed by atoms with Crippen molar-refractivity contribution in [2.45, 2.75) is 42.8 Å². The summed E-state index contributed by atoms with van der Waals surface area (Å²) in [7, 11) is -8.71. The Kier molecular flexibility index (Phi) is 9.96. The van der Waals surface area contributed by atoms with Crippen LogP contribution in [-0.2, 0) is 25.0 Å². The van der Waals surface area contributed by atoms with Crippen molar-refractivity contribution in [1.82, 2.24) is 9.03 Å². The van der Waals surface area contributed by atoms with E-state index in [1.54, 1.807) is 0 Å². The number of hydrogen-bond acceptors (Lipinski definition) is 7. The molecule has 1 aliphatic heterocycles. The van der Waals surface area contributed by atoms with Gasteiger partial charge in [-0.25, -0.2) is 17.6 Å². The number of sulfonamides is 1. The lowest BCUT2D eigenvalue weighted by molar-refractivity contribution is -0.242. The van der Waals surface area contributed by atoms with Gasteiger partial charge in [0.15, 0.2) is 0 Å². The SMILES string of the molecule is CN(CC(F)(F)F)S(=O)(=O)NCC1CN(S(=O)(=O)c2ccc(F)c(Cl)c2)c2cc(NC(=O)OC(C)(C)C(F)(F)F)ccc2O1. The molecule has 21 heteroatoms. The number of alkyl halides is 6. The van der Waals surface area contributed by atoms with Crippen molar-refractivity contribution < 1.29 is 61.8 Å². The quantitative estimate of drug-likeness (QED) is 0.364. The molecule has 0 bridgehead atoms. The van der Waals surface area contributed by atoms with E-state index in [1.165, 1.54) is 0 Å². The molecule has 0 saturated heterocycles. The number of halogens is 8. The first-order valence-electron chi connectivity index (χ1n) is 12.1. The fourth-order valence-corrected chi connectivity index (χ4v) is 6.27. The van der Waals surface area contributed by atoms with Crippen LogP contribution in [0.1, 0.15) is 13.8 Å². The molecule has 2 aromatic rings. The highest BCUT2D eigenvalue weighted by Crippen LogP contribution is 2.40. The first kappa shape index (κ1) is 35.4. The molecule has 246 valence electrons. The maximum Gasteiger partial charge on any atom is 0.427 e. The van der Waals surface area contributed by atoms with Gasteiger partial charge in [0.1, 0.15) is 24.2 Å². The second-order valence-corrected chi connectivity index (χ2v) is 13.9. The van der Waals surface area contributed by atoms with Gasteiger partial charge >= 0.3 is 18.4 Å². The van der Waals surface area contributed by atoms with Crippen LogP contribution in [0.15, 0.2) is 41.3 Å². The molecule has 44 heavy (non-hydrogen) atoms. The maximum atomic E-state index is 13.8. The largest absolute Gasteiger partial charge is 0.485 e. The molecule has 0 spiro atoms. The van der Waals surface area contributed by atoms with E-state index >= 15 is 0 Å². The minimum absolute atomic E-state index is 0.0180. The topological polar surface area (TPSA) is 134 Å². The number of nitrogens with zero attached hydrogens (tertiary/aromatic N) is 2. The lowest BCUT2D eigenvalue weighted by Crippen LogP contribution is -2.51. The number of anilines is 2. The molecule has 3 rings (SSSR count). The standard InChI is InChI=1S/C23H24ClF7N4O7S2/c1-21(2,23(29,30)31)42-20(36)33-13-4-7-19-18(8-13)35(43(37,38)15-5-6-17(25)16(24)9-15)11-14(41-19)10-32-44(39,40)34(3)12-22(26,27)28/h4-9,14,32H,10-12H2,1-3H3,(H,33,36). The Morgan fingerprint density at radius 1 is 1.09 bits per heavy atom. The second-order valence-electron chi connectivity index (χ2n) is 9.78. The summed E-state index contributed by atoms with van der Waals surface area (Å²) in [5, 5.41) is 1.47. The predicted molar refractivity (Wildman–Crippen MR) is 143 cm³/mol. The number of amides is 1. The van der Waals surface area contributed by atoms with Crippen molar-refractivity contribution >= 4 is 49.3 Å². The summed E-state index contributed by atoms with van der Waals surface area (Å²) >= 11 is 5.74. The maximum absolute atomic E-state index is 13.8. The van der Waals surface area contributed by atoms with Crippen LogP contribution in [0, 0.1) is 5.82 Å². The van der Waals surface area contributed by atoms with Gasteiger partial charge in [0.25, 0.3) is 20.2 Å². The van der Waals surface area contributed by atoms with Gasteiger partial charge in [-0.1, -0.05) is 11.6 Å². The second kappa shape index (κ2) is 12.4. The average molecular weight is 701 g/mol. The highest BCUT2D eigenvalue weighted by Gasteiger charge is 2.51. The third kappa shape index (κ3) is 8.34. The minimum Gasteiger partial charge on any atom is -0.485 e. The van der Waals surface area contributed by atoms with E-state index in [-0.39, 0.29) is 21.4 Å². The summed E-state index contributed by atoms with van der Waals surface area (Å²) in [5.41, 5.74) is -3.44. The molecule has 0 radical (unpaired) electrons. The Hall–Kier alpha value is -3.07. The van der Waals surface area contributed by atoms with E-state index in [9.17, 15) is 52.4 Å². The van der Waals surface area contributed by atoms with Gasteiger partial charge < -0.3 is 9.47 Å². The van der Waals surface area contributed by atoms with Gasteiger partial charge in [-0.15, -0.1) is 0 Å². The zero-order chi connectivity index (χ0) is 33.5.